The Morgan fingerprint density at radius 1 is 1.23 bits per heavy atom. The Hall–Kier alpha value is -1.69. The van der Waals surface area contributed by atoms with Crippen LogP contribution in [0.4, 0.5) is 5.95 Å². The van der Waals surface area contributed by atoms with E-state index in [1.165, 1.54) is 6.42 Å². The molecule has 1 aromatic rings. The molecule has 6 nitrogen and oxygen atoms in total. The summed E-state index contributed by atoms with van der Waals surface area (Å²) in [5.41, 5.74) is 1.13. The van der Waals surface area contributed by atoms with Crippen molar-refractivity contribution in [1.82, 2.24) is 19.8 Å². The first kappa shape index (κ1) is 15.2. The van der Waals surface area contributed by atoms with Crippen LogP contribution in [-0.4, -0.2) is 58.4 Å². The second-order valence-electron chi connectivity index (χ2n) is 6.17. The third kappa shape index (κ3) is 3.55. The number of amides is 1. The minimum atomic E-state index is 0.318. The number of aromatic nitrogens is 2. The van der Waals surface area contributed by atoms with E-state index in [-0.39, 0.29) is 0 Å². The van der Waals surface area contributed by atoms with Gasteiger partial charge in [0, 0.05) is 63.1 Å². The molecule has 6 heteroatoms. The fourth-order valence-electron chi connectivity index (χ4n) is 2.98. The number of nitrogens with zero attached hydrogens (tertiary/aromatic N) is 4. The predicted molar refractivity (Wildman–Crippen MR) is 85.4 cm³/mol. The van der Waals surface area contributed by atoms with E-state index >= 15 is 0 Å². The summed E-state index contributed by atoms with van der Waals surface area (Å²) in [4.78, 5) is 25.3. The molecule has 3 rings (SSSR count). The Bertz CT molecular complexity index is 492. The van der Waals surface area contributed by atoms with Crippen LogP contribution >= 0.6 is 0 Å². The van der Waals surface area contributed by atoms with E-state index in [0.717, 1.165) is 57.7 Å². The highest BCUT2D eigenvalue weighted by Gasteiger charge is 2.31. The molecule has 1 saturated heterocycles. The first-order chi connectivity index (χ1) is 10.8. The summed E-state index contributed by atoms with van der Waals surface area (Å²) in [5.74, 6) is 1.38. The van der Waals surface area contributed by atoms with Gasteiger partial charge >= 0.3 is 0 Å². The van der Waals surface area contributed by atoms with E-state index in [1.54, 1.807) is 0 Å². The third-order valence-electron chi connectivity index (χ3n) is 4.58. The molecule has 2 fully saturated rings. The average Bonchev–Trinajstić information content (AvgIpc) is 2.48. The summed E-state index contributed by atoms with van der Waals surface area (Å²) < 4.78 is 0. The Balaban J connectivity index is 1.46. The maximum atomic E-state index is 12.2. The molecule has 0 atom stereocenters. The maximum Gasteiger partial charge on any atom is 0.225 e. The van der Waals surface area contributed by atoms with Gasteiger partial charge in [-0.1, -0.05) is 6.42 Å². The zero-order chi connectivity index (χ0) is 15.4. The zero-order valence-corrected chi connectivity index (χ0v) is 13.3. The van der Waals surface area contributed by atoms with Gasteiger partial charge in [0.05, 0.1) is 0 Å². The van der Waals surface area contributed by atoms with Crippen LogP contribution in [0.25, 0.3) is 0 Å². The molecule has 120 valence electrons. The Morgan fingerprint density at radius 3 is 2.45 bits per heavy atom. The van der Waals surface area contributed by atoms with E-state index in [1.807, 2.05) is 24.2 Å². The Morgan fingerprint density at radius 2 is 1.91 bits per heavy atom. The van der Waals surface area contributed by atoms with Gasteiger partial charge in [-0.2, -0.15) is 0 Å². The summed E-state index contributed by atoms with van der Waals surface area (Å²) in [5, 5.41) is 3.10. The lowest BCUT2D eigenvalue weighted by atomic mass is 9.84. The van der Waals surface area contributed by atoms with Crippen LogP contribution in [0, 0.1) is 5.92 Å². The van der Waals surface area contributed by atoms with Crippen LogP contribution in [-0.2, 0) is 11.3 Å². The molecule has 2 aliphatic rings. The summed E-state index contributed by atoms with van der Waals surface area (Å²) >= 11 is 0. The van der Waals surface area contributed by atoms with Crippen molar-refractivity contribution in [3.05, 3.63) is 18.0 Å². The van der Waals surface area contributed by atoms with Crippen molar-refractivity contribution in [2.75, 3.05) is 38.0 Å². The summed E-state index contributed by atoms with van der Waals surface area (Å²) in [6, 6.07) is 0. The van der Waals surface area contributed by atoms with Crippen molar-refractivity contribution in [2.45, 2.75) is 32.7 Å². The molecule has 1 N–H and O–H groups in total. The number of piperazine rings is 1. The molecule has 0 bridgehead atoms. The Kier molecular flexibility index (Phi) is 4.87. The van der Waals surface area contributed by atoms with E-state index < -0.39 is 0 Å². The van der Waals surface area contributed by atoms with Crippen LogP contribution in [0.3, 0.4) is 0 Å². The van der Waals surface area contributed by atoms with Crippen molar-refractivity contribution in [3.8, 4) is 0 Å². The van der Waals surface area contributed by atoms with Gasteiger partial charge in [-0.25, -0.2) is 9.97 Å². The molecule has 0 aromatic carbocycles. The van der Waals surface area contributed by atoms with E-state index in [0.29, 0.717) is 17.8 Å². The lowest BCUT2D eigenvalue weighted by molar-refractivity contribution is -0.140. The number of carbonyl (C=O) groups is 1. The van der Waals surface area contributed by atoms with E-state index in [2.05, 4.69) is 20.2 Å². The van der Waals surface area contributed by atoms with Gasteiger partial charge in [-0.15, -0.1) is 0 Å². The molecule has 1 aromatic heterocycles. The molecule has 0 unspecified atom stereocenters. The highest BCUT2D eigenvalue weighted by molar-refractivity contribution is 5.79. The fourth-order valence-corrected chi connectivity index (χ4v) is 2.98. The van der Waals surface area contributed by atoms with Crippen molar-refractivity contribution >= 4 is 11.9 Å². The number of rotatable bonds is 5. The van der Waals surface area contributed by atoms with Crippen molar-refractivity contribution < 1.29 is 4.79 Å². The fraction of sp³-hybridized carbons (Fsp3) is 0.688. The molecule has 1 saturated carbocycles. The van der Waals surface area contributed by atoms with Crippen LogP contribution in [0.1, 0.15) is 31.7 Å². The van der Waals surface area contributed by atoms with Crippen molar-refractivity contribution in [3.63, 3.8) is 0 Å². The van der Waals surface area contributed by atoms with Gasteiger partial charge in [-0.05, 0) is 19.8 Å². The van der Waals surface area contributed by atoms with Gasteiger partial charge in [0.2, 0.25) is 11.9 Å². The SMILES string of the molecule is CCNc1ncc(CN2CCN(C(=O)C3CCC3)CC2)cn1. The molecule has 22 heavy (non-hydrogen) atoms. The van der Waals surface area contributed by atoms with Gasteiger partial charge < -0.3 is 10.2 Å². The first-order valence-electron chi connectivity index (χ1n) is 8.32. The number of hydrogen-bond donors (Lipinski definition) is 1. The topological polar surface area (TPSA) is 61.4 Å². The summed E-state index contributed by atoms with van der Waals surface area (Å²) in [6.45, 7) is 7.30. The van der Waals surface area contributed by atoms with Crippen molar-refractivity contribution in [1.29, 1.82) is 0 Å². The summed E-state index contributed by atoms with van der Waals surface area (Å²) in [6.07, 6.45) is 7.18. The average molecular weight is 303 g/mol. The van der Waals surface area contributed by atoms with Gasteiger partial charge in [0.15, 0.2) is 0 Å². The van der Waals surface area contributed by atoms with Crippen LogP contribution in [0.15, 0.2) is 12.4 Å². The predicted octanol–water partition coefficient (Wildman–Crippen LogP) is 1.35. The minimum absolute atomic E-state index is 0.318. The number of anilines is 1. The largest absolute Gasteiger partial charge is 0.355 e. The third-order valence-corrected chi connectivity index (χ3v) is 4.58. The molecular formula is C16H25N5O. The standard InChI is InChI=1S/C16H25N5O/c1-2-17-16-18-10-13(11-19-16)12-20-6-8-21(9-7-20)15(22)14-4-3-5-14/h10-11,14H,2-9,12H2,1H3,(H,17,18,19). The monoisotopic (exact) mass is 303 g/mol. The lowest BCUT2D eigenvalue weighted by Crippen LogP contribution is -2.50. The quantitative estimate of drug-likeness (QED) is 0.890. The summed E-state index contributed by atoms with van der Waals surface area (Å²) in [7, 11) is 0. The normalized spacial score (nSPS) is 19.8. The second kappa shape index (κ2) is 7.05. The van der Waals surface area contributed by atoms with E-state index in [4.69, 9.17) is 0 Å². The molecular weight excluding hydrogens is 278 g/mol. The van der Waals surface area contributed by atoms with Crippen LogP contribution < -0.4 is 5.32 Å². The van der Waals surface area contributed by atoms with Crippen LogP contribution in [0.5, 0.6) is 0 Å². The maximum absolute atomic E-state index is 12.2. The van der Waals surface area contributed by atoms with Gasteiger partial charge in [-0.3, -0.25) is 9.69 Å². The number of hydrogen-bond acceptors (Lipinski definition) is 5. The Labute approximate surface area is 131 Å². The molecule has 0 radical (unpaired) electrons. The number of nitrogens with one attached hydrogen (secondary N) is 1. The molecule has 1 aliphatic heterocycles. The lowest BCUT2D eigenvalue weighted by Gasteiger charge is -2.38. The molecule has 1 aliphatic carbocycles. The smallest absolute Gasteiger partial charge is 0.225 e. The highest BCUT2D eigenvalue weighted by Crippen LogP contribution is 2.28. The van der Waals surface area contributed by atoms with Gasteiger partial charge in [0.25, 0.3) is 0 Å². The van der Waals surface area contributed by atoms with Crippen molar-refractivity contribution in [2.24, 2.45) is 5.92 Å². The molecule has 0 spiro atoms. The highest BCUT2D eigenvalue weighted by atomic mass is 16.2. The van der Waals surface area contributed by atoms with Gasteiger partial charge in [0.1, 0.15) is 0 Å². The van der Waals surface area contributed by atoms with Crippen LogP contribution in [0.2, 0.25) is 0 Å². The molecule has 2 heterocycles. The van der Waals surface area contributed by atoms with E-state index in [9.17, 15) is 4.79 Å². The minimum Gasteiger partial charge on any atom is -0.355 e. The molecule has 1 amide bonds. The second-order valence-corrected chi connectivity index (χ2v) is 6.17. The zero-order valence-electron chi connectivity index (χ0n) is 13.3. The number of carbonyl (C=O) groups excluding carboxylic acids is 1. The first-order valence-corrected chi connectivity index (χ1v) is 8.32.